The lowest BCUT2D eigenvalue weighted by atomic mass is 10.2. The minimum atomic E-state index is 0.459. The SMILES string of the molecule is C=C(CN)COc1ccc(C)nc1CC. The summed E-state index contributed by atoms with van der Waals surface area (Å²) in [5.74, 6) is 0.831. The molecule has 0 aliphatic heterocycles. The third-order valence-electron chi connectivity index (χ3n) is 2.13. The van der Waals surface area contributed by atoms with E-state index >= 15 is 0 Å². The van der Waals surface area contributed by atoms with Crippen molar-refractivity contribution in [1.82, 2.24) is 4.98 Å². The second-order valence-electron chi connectivity index (χ2n) is 3.49. The molecule has 0 fully saturated rings. The van der Waals surface area contributed by atoms with Crippen LogP contribution in [0.25, 0.3) is 0 Å². The minimum absolute atomic E-state index is 0.459. The highest BCUT2D eigenvalue weighted by Crippen LogP contribution is 2.17. The van der Waals surface area contributed by atoms with E-state index in [-0.39, 0.29) is 0 Å². The molecule has 1 aromatic rings. The molecule has 2 N–H and O–H groups in total. The Balaban J connectivity index is 2.72. The molecule has 0 radical (unpaired) electrons. The molecule has 3 heteroatoms. The van der Waals surface area contributed by atoms with Crippen molar-refractivity contribution in [3.8, 4) is 5.75 Å². The van der Waals surface area contributed by atoms with Gasteiger partial charge in [0.05, 0.1) is 5.69 Å². The molecule has 0 spiro atoms. The van der Waals surface area contributed by atoms with Gasteiger partial charge in [0.15, 0.2) is 0 Å². The van der Waals surface area contributed by atoms with Crippen LogP contribution in [0.2, 0.25) is 0 Å². The van der Waals surface area contributed by atoms with Gasteiger partial charge in [-0.3, -0.25) is 4.98 Å². The predicted molar refractivity (Wildman–Crippen MR) is 62.0 cm³/mol. The number of rotatable bonds is 5. The third kappa shape index (κ3) is 3.36. The van der Waals surface area contributed by atoms with Gasteiger partial charge in [0.1, 0.15) is 12.4 Å². The topological polar surface area (TPSA) is 48.1 Å². The van der Waals surface area contributed by atoms with Crippen molar-refractivity contribution in [2.75, 3.05) is 13.2 Å². The second kappa shape index (κ2) is 5.51. The first-order valence-corrected chi connectivity index (χ1v) is 5.13. The van der Waals surface area contributed by atoms with Crippen molar-refractivity contribution >= 4 is 0 Å². The van der Waals surface area contributed by atoms with Gasteiger partial charge in [-0.1, -0.05) is 13.5 Å². The van der Waals surface area contributed by atoms with Gasteiger partial charge in [-0.2, -0.15) is 0 Å². The maximum atomic E-state index is 5.59. The van der Waals surface area contributed by atoms with Crippen molar-refractivity contribution in [1.29, 1.82) is 0 Å². The smallest absolute Gasteiger partial charge is 0.141 e. The summed E-state index contributed by atoms with van der Waals surface area (Å²) in [5.41, 5.74) is 8.32. The molecule has 1 rings (SSSR count). The third-order valence-corrected chi connectivity index (χ3v) is 2.13. The van der Waals surface area contributed by atoms with Crippen LogP contribution in [0, 0.1) is 6.92 Å². The van der Waals surface area contributed by atoms with Crippen molar-refractivity contribution in [3.63, 3.8) is 0 Å². The normalized spacial score (nSPS) is 10.1. The number of nitrogens with zero attached hydrogens (tertiary/aromatic N) is 1. The van der Waals surface area contributed by atoms with E-state index in [0.29, 0.717) is 13.2 Å². The monoisotopic (exact) mass is 206 g/mol. The summed E-state index contributed by atoms with van der Waals surface area (Å²) in [6.45, 7) is 8.75. The maximum Gasteiger partial charge on any atom is 0.141 e. The summed E-state index contributed by atoms with van der Waals surface area (Å²) in [5, 5.41) is 0. The van der Waals surface area contributed by atoms with E-state index in [1.807, 2.05) is 19.1 Å². The van der Waals surface area contributed by atoms with Gasteiger partial charge in [0.25, 0.3) is 0 Å². The highest BCUT2D eigenvalue weighted by Gasteiger charge is 2.04. The van der Waals surface area contributed by atoms with Crippen molar-refractivity contribution < 1.29 is 4.74 Å². The molecule has 15 heavy (non-hydrogen) atoms. The van der Waals surface area contributed by atoms with Crippen molar-refractivity contribution in [2.24, 2.45) is 5.73 Å². The molecule has 1 heterocycles. The number of hydrogen-bond donors (Lipinski definition) is 1. The number of pyridine rings is 1. The Morgan fingerprint density at radius 1 is 1.53 bits per heavy atom. The van der Waals surface area contributed by atoms with Gasteiger partial charge in [0.2, 0.25) is 0 Å². The molecule has 3 nitrogen and oxygen atoms in total. The number of aromatic nitrogens is 1. The molecule has 0 atom stereocenters. The molecule has 0 bridgehead atoms. The highest BCUT2D eigenvalue weighted by molar-refractivity contribution is 5.29. The molecule has 0 unspecified atom stereocenters. The van der Waals surface area contributed by atoms with E-state index in [9.17, 15) is 0 Å². The number of nitrogens with two attached hydrogens (primary N) is 1. The first kappa shape index (κ1) is 11.7. The minimum Gasteiger partial charge on any atom is -0.487 e. The zero-order valence-corrected chi connectivity index (χ0v) is 9.42. The lowest BCUT2D eigenvalue weighted by Gasteiger charge is -2.10. The molecule has 0 aromatic carbocycles. The second-order valence-corrected chi connectivity index (χ2v) is 3.49. The van der Waals surface area contributed by atoms with Crippen LogP contribution < -0.4 is 10.5 Å². The van der Waals surface area contributed by atoms with Gasteiger partial charge in [0, 0.05) is 12.2 Å². The zero-order chi connectivity index (χ0) is 11.3. The van der Waals surface area contributed by atoms with Crippen LogP contribution in [0.3, 0.4) is 0 Å². The van der Waals surface area contributed by atoms with Crippen LogP contribution in [-0.4, -0.2) is 18.1 Å². The molecule has 0 aliphatic rings. The van der Waals surface area contributed by atoms with E-state index < -0.39 is 0 Å². The van der Waals surface area contributed by atoms with E-state index in [2.05, 4.69) is 18.5 Å². The lowest BCUT2D eigenvalue weighted by molar-refractivity contribution is 0.345. The van der Waals surface area contributed by atoms with Gasteiger partial charge in [-0.15, -0.1) is 0 Å². The van der Waals surface area contributed by atoms with Gasteiger partial charge < -0.3 is 10.5 Å². The van der Waals surface area contributed by atoms with Gasteiger partial charge in [-0.05, 0) is 31.1 Å². The summed E-state index contributed by atoms with van der Waals surface area (Å²) in [4.78, 5) is 4.41. The Kier molecular flexibility index (Phi) is 4.31. The Labute approximate surface area is 91.0 Å². The van der Waals surface area contributed by atoms with E-state index in [1.54, 1.807) is 0 Å². The van der Waals surface area contributed by atoms with Crippen molar-refractivity contribution in [2.45, 2.75) is 20.3 Å². The Morgan fingerprint density at radius 2 is 2.27 bits per heavy atom. The van der Waals surface area contributed by atoms with E-state index in [1.165, 1.54) is 0 Å². The fraction of sp³-hybridized carbons (Fsp3) is 0.417. The standard InChI is InChI=1S/C12H18N2O/c1-4-11-12(6-5-10(3)14-11)15-8-9(2)7-13/h5-6H,2,4,7-8,13H2,1,3H3. The van der Waals surface area contributed by atoms with Crippen LogP contribution >= 0.6 is 0 Å². The molecule has 0 saturated carbocycles. The predicted octanol–water partition coefficient (Wildman–Crippen LogP) is 1.85. The van der Waals surface area contributed by atoms with Crippen LogP contribution in [0.15, 0.2) is 24.3 Å². The van der Waals surface area contributed by atoms with Crippen LogP contribution in [0.4, 0.5) is 0 Å². The fourth-order valence-corrected chi connectivity index (χ4v) is 1.22. The highest BCUT2D eigenvalue weighted by atomic mass is 16.5. The number of ether oxygens (including phenoxy) is 1. The largest absolute Gasteiger partial charge is 0.487 e. The van der Waals surface area contributed by atoms with E-state index in [0.717, 1.165) is 29.1 Å². The molecule has 0 saturated heterocycles. The maximum absolute atomic E-state index is 5.59. The summed E-state index contributed by atoms with van der Waals surface area (Å²) in [6.07, 6.45) is 0.867. The first-order valence-electron chi connectivity index (χ1n) is 5.13. The van der Waals surface area contributed by atoms with Gasteiger partial charge >= 0.3 is 0 Å². The average Bonchev–Trinajstić information content (AvgIpc) is 2.26. The molecule has 82 valence electrons. The molecular formula is C12H18N2O. The first-order chi connectivity index (χ1) is 7.17. The summed E-state index contributed by atoms with van der Waals surface area (Å²) >= 11 is 0. The summed E-state index contributed by atoms with van der Waals surface area (Å²) in [6, 6.07) is 3.89. The fourth-order valence-electron chi connectivity index (χ4n) is 1.22. The molecular weight excluding hydrogens is 188 g/mol. The van der Waals surface area contributed by atoms with Crippen LogP contribution in [-0.2, 0) is 6.42 Å². The number of aryl methyl sites for hydroxylation is 2. The summed E-state index contributed by atoms with van der Waals surface area (Å²) < 4.78 is 5.59. The van der Waals surface area contributed by atoms with E-state index in [4.69, 9.17) is 10.5 Å². The van der Waals surface area contributed by atoms with Gasteiger partial charge in [-0.25, -0.2) is 0 Å². The molecule has 0 amide bonds. The summed E-state index contributed by atoms with van der Waals surface area (Å²) in [7, 11) is 0. The van der Waals surface area contributed by atoms with Crippen molar-refractivity contribution in [3.05, 3.63) is 35.7 Å². The zero-order valence-electron chi connectivity index (χ0n) is 9.42. The lowest BCUT2D eigenvalue weighted by Crippen LogP contribution is -2.11. The average molecular weight is 206 g/mol. The Morgan fingerprint density at radius 3 is 2.87 bits per heavy atom. The molecule has 0 aliphatic carbocycles. The Hall–Kier alpha value is -1.35. The van der Waals surface area contributed by atoms with Crippen LogP contribution in [0.1, 0.15) is 18.3 Å². The Bertz CT molecular complexity index is 347. The number of hydrogen-bond acceptors (Lipinski definition) is 3. The quantitative estimate of drug-likeness (QED) is 0.748. The molecule has 1 aromatic heterocycles. The van der Waals surface area contributed by atoms with Crippen LogP contribution in [0.5, 0.6) is 5.75 Å².